The number of nitrogens with one attached hydrogen (secondary N) is 1. The normalized spacial score (nSPS) is 11.8. The maximum atomic E-state index is 6.51. The number of nitrogen functional groups attached to an aromatic ring is 1. The molecule has 0 amide bonds. The zero-order chi connectivity index (χ0) is 25.2. The molecule has 0 aromatic heterocycles. The lowest BCUT2D eigenvalue weighted by Gasteiger charge is -2.17. The molecular formula is C36H24N2. The lowest BCUT2D eigenvalue weighted by atomic mass is 9.94. The summed E-state index contributed by atoms with van der Waals surface area (Å²) < 4.78 is 0. The molecule has 0 aliphatic heterocycles. The molecule has 0 saturated heterocycles. The van der Waals surface area contributed by atoms with Crippen LogP contribution in [0.3, 0.4) is 0 Å². The highest BCUT2D eigenvalue weighted by Gasteiger charge is 2.13. The molecule has 0 atom stereocenters. The Morgan fingerprint density at radius 1 is 0.368 bits per heavy atom. The van der Waals surface area contributed by atoms with Crippen molar-refractivity contribution in [1.29, 1.82) is 0 Å². The van der Waals surface area contributed by atoms with Gasteiger partial charge in [-0.15, -0.1) is 0 Å². The smallest absolute Gasteiger partial charge is 0.0470 e. The van der Waals surface area contributed by atoms with Crippen LogP contribution in [0.5, 0.6) is 0 Å². The van der Waals surface area contributed by atoms with Crippen molar-refractivity contribution < 1.29 is 0 Å². The summed E-state index contributed by atoms with van der Waals surface area (Å²) in [5.74, 6) is 0. The molecule has 0 fully saturated rings. The van der Waals surface area contributed by atoms with Gasteiger partial charge in [0, 0.05) is 33.2 Å². The Balaban J connectivity index is 1.43. The molecular weight excluding hydrogens is 460 g/mol. The van der Waals surface area contributed by atoms with Crippen molar-refractivity contribution in [1.82, 2.24) is 0 Å². The second-order valence-corrected chi connectivity index (χ2v) is 10.1. The lowest BCUT2D eigenvalue weighted by molar-refractivity contribution is 1.63. The molecule has 8 aromatic carbocycles. The molecule has 3 N–H and O–H groups in total. The maximum absolute atomic E-state index is 6.51. The van der Waals surface area contributed by atoms with Crippen LogP contribution in [0.25, 0.3) is 64.6 Å². The average molecular weight is 485 g/mol. The van der Waals surface area contributed by atoms with Crippen molar-refractivity contribution in [3.63, 3.8) is 0 Å². The minimum absolute atomic E-state index is 0.812. The van der Waals surface area contributed by atoms with Crippen LogP contribution in [0, 0.1) is 0 Å². The van der Waals surface area contributed by atoms with Crippen LogP contribution >= 0.6 is 0 Å². The van der Waals surface area contributed by atoms with Gasteiger partial charge in [-0.05, 0) is 78.8 Å². The number of hydrogen-bond acceptors (Lipinski definition) is 2. The fourth-order valence-corrected chi connectivity index (χ4v) is 6.13. The predicted molar refractivity (Wildman–Crippen MR) is 166 cm³/mol. The van der Waals surface area contributed by atoms with Gasteiger partial charge in [0.05, 0.1) is 0 Å². The Kier molecular flexibility index (Phi) is 4.41. The van der Waals surface area contributed by atoms with E-state index in [0.29, 0.717) is 0 Å². The molecule has 0 saturated carbocycles. The number of fused-ring (bicyclic) bond motifs is 9. The summed E-state index contributed by atoms with van der Waals surface area (Å²) in [6.07, 6.45) is 0. The molecule has 0 radical (unpaired) electrons. The first-order valence-corrected chi connectivity index (χ1v) is 13.0. The molecule has 0 spiro atoms. The van der Waals surface area contributed by atoms with E-state index in [1.165, 1.54) is 59.2 Å². The predicted octanol–water partition coefficient (Wildman–Crippen LogP) is 9.93. The monoisotopic (exact) mass is 484 g/mol. The van der Waals surface area contributed by atoms with Gasteiger partial charge in [-0.25, -0.2) is 0 Å². The summed E-state index contributed by atoms with van der Waals surface area (Å²) in [5, 5.41) is 18.4. The number of anilines is 3. The molecule has 0 heterocycles. The van der Waals surface area contributed by atoms with E-state index in [-0.39, 0.29) is 0 Å². The summed E-state index contributed by atoms with van der Waals surface area (Å²) in [5.41, 5.74) is 9.52. The first-order chi connectivity index (χ1) is 18.7. The van der Waals surface area contributed by atoms with E-state index in [1.54, 1.807) is 0 Å². The van der Waals surface area contributed by atoms with Crippen LogP contribution in [-0.2, 0) is 0 Å². The van der Waals surface area contributed by atoms with Crippen LogP contribution in [0.2, 0.25) is 0 Å². The topological polar surface area (TPSA) is 38.0 Å². The van der Waals surface area contributed by atoms with Crippen molar-refractivity contribution in [2.45, 2.75) is 0 Å². The molecule has 178 valence electrons. The van der Waals surface area contributed by atoms with E-state index in [4.69, 9.17) is 5.73 Å². The van der Waals surface area contributed by atoms with Gasteiger partial charge >= 0.3 is 0 Å². The first-order valence-electron chi connectivity index (χ1n) is 13.0. The highest BCUT2D eigenvalue weighted by Crippen LogP contribution is 2.41. The van der Waals surface area contributed by atoms with Gasteiger partial charge in [0.1, 0.15) is 0 Å². The first kappa shape index (κ1) is 21.0. The van der Waals surface area contributed by atoms with Gasteiger partial charge in [0.15, 0.2) is 0 Å². The summed E-state index contributed by atoms with van der Waals surface area (Å²) in [6, 6.07) is 45.6. The standard InChI is InChI=1S/C36H24N2/c37-33-20-31-27-12-4-6-14-29(27)35(21-32(31)26-11-3-5-13-28(26)33)38-34-15-7-10-22-16-17-25-18-23-8-1-2-9-24(23)19-30(25)36(22)34/h1-21,38H,37H2. The Labute approximate surface area is 219 Å². The van der Waals surface area contributed by atoms with Gasteiger partial charge in [0.2, 0.25) is 0 Å². The fourth-order valence-electron chi connectivity index (χ4n) is 6.13. The van der Waals surface area contributed by atoms with Gasteiger partial charge in [-0.3, -0.25) is 0 Å². The number of benzene rings is 8. The molecule has 0 aliphatic rings. The summed E-state index contributed by atoms with van der Waals surface area (Å²) in [7, 11) is 0. The lowest BCUT2D eigenvalue weighted by Crippen LogP contribution is -1.95. The Hall–Kier alpha value is -5.08. The van der Waals surface area contributed by atoms with Crippen molar-refractivity contribution >= 4 is 81.7 Å². The van der Waals surface area contributed by atoms with Crippen LogP contribution in [0.15, 0.2) is 127 Å². The van der Waals surface area contributed by atoms with Crippen molar-refractivity contribution in [3.05, 3.63) is 127 Å². The van der Waals surface area contributed by atoms with E-state index in [2.05, 4.69) is 133 Å². The minimum Gasteiger partial charge on any atom is -0.398 e. The van der Waals surface area contributed by atoms with Crippen LogP contribution < -0.4 is 11.1 Å². The van der Waals surface area contributed by atoms with E-state index in [0.717, 1.165) is 22.4 Å². The third kappa shape index (κ3) is 3.07. The van der Waals surface area contributed by atoms with Gasteiger partial charge < -0.3 is 11.1 Å². The quantitative estimate of drug-likeness (QED) is 0.146. The molecule has 8 aromatic rings. The van der Waals surface area contributed by atoms with Gasteiger partial charge in [-0.2, -0.15) is 0 Å². The second kappa shape index (κ2) is 7.96. The van der Waals surface area contributed by atoms with Crippen LogP contribution in [0.1, 0.15) is 0 Å². The van der Waals surface area contributed by atoms with Crippen molar-refractivity contribution in [2.75, 3.05) is 11.1 Å². The minimum atomic E-state index is 0.812. The van der Waals surface area contributed by atoms with Crippen LogP contribution in [-0.4, -0.2) is 0 Å². The molecule has 2 heteroatoms. The average Bonchev–Trinajstić information content (AvgIpc) is 2.97. The summed E-state index contributed by atoms with van der Waals surface area (Å²) in [4.78, 5) is 0. The summed E-state index contributed by atoms with van der Waals surface area (Å²) in [6.45, 7) is 0. The number of nitrogens with two attached hydrogens (primary N) is 1. The maximum Gasteiger partial charge on any atom is 0.0470 e. The summed E-state index contributed by atoms with van der Waals surface area (Å²) >= 11 is 0. The third-order valence-corrected chi connectivity index (χ3v) is 7.91. The third-order valence-electron chi connectivity index (χ3n) is 7.91. The van der Waals surface area contributed by atoms with Crippen molar-refractivity contribution in [2.24, 2.45) is 0 Å². The molecule has 0 aliphatic carbocycles. The molecule has 0 unspecified atom stereocenters. The Morgan fingerprint density at radius 2 is 0.974 bits per heavy atom. The highest BCUT2D eigenvalue weighted by atomic mass is 14.9. The van der Waals surface area contributed by atoms with Crippen molar-refractivity contribution in [3.8, 4) is 0 Å². The fraction of sp³-hybridized carbons (Fsp3) is 0. The Bertz CT molecular complexity index is 2230. The second-order valence-electron chi connectivity index (χ2n) is 10.1. The van der Waals surface area contributed by atoms with Crippen LogP contribution in [0.4, 0.5) is 17.1 Å². The van der Waals surface area contributed by atoms with E-state index >= 15 is 0 Å². The number of rotatable bonds is 2. The molecule has 8 rings (SSSR count). The highest BCUT2D eigenvalue weighted by molar-refractivity contribution is 6.24. The molecule has 0 bridgehead atoms. The van der Waals surface area contributed by atoms with E-state index in [9.17, 15) is 0 Å². The van der Waals surface area contributed by atoms with E-state index < -0.39 is 0 Å². The van der Waals surface area contributed by atoms with Gasteiger partial charge in [-0.1, -0.05) is 97.1 Å². The molecule has 38 heavy (non-hydrogen) atoms. The zero-order valence-electron chi connectivity index (χ0n) is 20.7. The SMILES string of the molecule is Nc1cc2c3ccccc3c(Nc3cccc4ccc5cc6ccccc6cc5c34)cc2c2ccccc12. The largest absolute Gasteiger partial charge is 0.398 e. The van der Waals surface area contributed by atoms with Gasteiger partial charge in [0.25, 0.3) is 0 Å². The number of hydrogen-bond donors (Lipinski definition) is 2. The Morgan fingerprint density at radius 3 is 1.79 bits per heavy atom. The van der Waals surface area contributed by atoms with E-state index in [1.807, 2.05) is 0 Å². The zero-order valence-corrected chi connectivity index (χ0v) is 20.7. The molecule has 2 nitrogen and oxygen atoms in total.